The molecule has 1 fully saturated rings. The Bertz CT molecular complexity index is 402. The molecule has 0 unspecified atom stereocenters. The van der Waals surface area contributed by atoms with Crippen LogP contribution in [0.5, 0.6) is 0 Å². The van der Waals surface area contributed by atoms with Crippen molar-refractivity contribution in [1.29, 1.82) is 0 Å². The summed E-state index contributed by atoms with van der Waals surface area (Å²) < 4.78 is 13.0. The third-order valence-corrected chi connectivity index (χ3v) is 3.16. The zero-order chi connectivity index (χ0) is 12.3. The van der Waals surface area contributed by atoms with Crippen LogP contribution in [0.15, 0.2) is 24.3 Å². The highest BCUT2D eigenvalue weighted by molar-refractivity contribution is 5.94. The van der Waals surface area contributed by atoms with E-state index in [0.717, 1.165) is 25.9 Å². The number of rotatable bonds is 3. The molecule has 1 aliphatic heterocycles. The number of hydrogen-bond acceptors (Lipinski definition) is 2. The molecule has 2 rings (SSSR count). The van der Waals surface area contributed by atoms with Crippen LogP contribution in [0.1, 0.15) is 19.8 Å². The molecular weight excluding hydrogens is 219 g/mol. The molecule has 17 heavy (non-hydrogen) atoms. The first-order chi connectivity index (χ1) is 8.16. The van der Waals surface area contributed by atoms with Gasteiger partial charge in [-0.2, -0.15) is 0 Å². The molecule has 3 nitrogen and oxygen atoms in total. The second-order valence-corrected chi connectivity index (χ2v) is 4.42. The predicted octanol–water partition coefficient (Wildman–Crippen LogP) is 2.25. The average molecular weight is 236 g/mol. The number of nitrogens with one attached hydrogen (secondary N) is 1. The minimum atomic E-state index is -0.336. The molecule has 1 aliphatic rings. The van der Waals surface area contributed by atoms with E-state index in [9.17, 15) is 9.18 Å². The van der Waals surface area contributed by atoms with E-state index in [4.69, 9.17) is 0 Å². The molecule has 0 aliphatic carbocycles. The largest absolute Gasteiger partial charge is 0.325 e. The Labute approximate surface area is 101 Å². The Morgan fingerprint density at radius 1 is 1.41 bits per heavy atom. The summed E-state index contributed by atoms with van der Waals surface area (Å²) in [5, 5.41) is 2.74. The average Bonchev–Trinajstić information content (AvgIpc) is 2.81. The van der Waals surface area contributed by atoms with Gasteiger partial charge in [-0.25, -0.2) is 4.39 Å². The van der Waals surface area contributed by atoms with Gasteiger partial charge >= 0.3 is 0 Å². The molecule has 1 N–H and O–H groups in total. The number of amides is 1. The normalized spacial score (nSPS) is 18.0. The second kappa shape index (κ2) is 5.27. The van der Waals surface area contributed by atoms with E-state index in [2.05, 4.69) is 10.2 Å². The zero-order valence-electron chi connectivity index (χ0n) is 9.95. The maximum Gasteiger partial charge on any atom is 0.241 e. The van der Waals surface area contributed by atoms with Gasteiger partial charge in [-0.1, -0.05) is 6.07 Å². The highest BCUT2D eigenvalue weighted by atomic mass is 19.1. The van der Waals surface area contributed by atoms with Crippen molar-refractivity contribution in [3.05, 3.63) is 30.1 Å². The third-order valence-electron chi connectivity index (χ3n) is 3.16. The van der Waals surface area contributed by atoms with Crippen molar-refractivity contribution in [2.45, 2.75) is 25.8 Å². The molecular formula is C13H17FN2O. The van der Waals surface area contributed by atoms with Crippen molar-refractivity contribution < 1.29 is 9.18 Å². The van der Waals surface area contributed by atoms with Gasteiger partial charge in [0.25, 0.3) is 0 Å². The number of nitrogens with zero attached hydrogens (tertiary/aromatic N) is 1. The number of carbonyl (C=O) groups excluding carboxylic acids is 1. The Morgan fingerprint density at radius 3 is 2.76 bits per heavy atom. The number of hydrogen-bond donors (Lipinski definition) is 1. The van der Waals surface area contributed by atoms with E-state index >= 15 is 0 Å². The van der Waals surface area contributed by atoms with Gasteiger partial charge < -0.3 is 5.32 Å². The van der Waals surface area contributed by atoms with Gasteiger partial charge in [-0.3, -0.25) is 9.69 Å². The Balaban J connectivity index is 1.96. The summed E-state index contributed by atoms with van der Waals surface area (Å²) in [4.78, 5) is 14.1. The summed E-state index contributed by atoms with van der Waals surface area (Å²) in [5.41, 5.74) is 0.515. The molecule has 1 heterocycles. The molecule has 0 aromatic heterocycles. The van der Waals surface area contributed by atoms with Crippen molar-refractivity contribution in [2.24, 2.45) is 0 Å². The first kappa shape index (κ1) is 12.0. The molecule has 1 atom stereocenters. The van der Waals surface area contributed by atoms with Gasteiger partial charge in [-0.05, 0) is 51.1 Å². The smallest absolute Gasteiger partial charge is 0.241 e. The minimum absolute atomic E-state index is 0.0718. The van der Waals surface area contributed by atoms with Gasteiger partial charge in [0.1, 0.15) is 5.82 Å². The Hall–Kier alpha value is -1.42. The molecule has 1 amide bonds. The van der Waals surface area contributed by atoms with Crippen molar-refractivity contribution >= 4 is 11.6 Å². The van der Waals surface area contributed by atoms with E-state index < -0.39 is 0 Å². The molecule has 0 spiro atoms. The van der Waals surface area contributed by atoms with Crippen LogP contribution in [0.3, 0.4) is 0 Å². The van der Waals surface area contributed by atoms with Crippen molar-refractivity contribution in [2.75, 3.05) is 18.4 Å². The SMILES string of the molecule is C[C@H](C(=O)Nc1cccc(F)c1)N1CCCC1. The quantitative estimate of drug-likeness (QED) is 0.873. The van der Waals surface area contributed by atoms with Crippen LogP contribution in [0, 0.1) is 5.82 Å². The lowest BCUT2D eigenvalue weighted by atomic mass is 10.2. The van der Waals surface area contributed by atoms with E-state index in [-0.39, 0.29) is 17.8 Å². The minimum Gasteiger partial charge on any atom is -0.325 e. The van der Waals surface area contributed by atoms with E-state index in [0.29, 0.717) is 5.69 Å². The lowest BCUT2D eigenvalue weighted by Crippen LogP contribution is -2.40. The summed E-state index contributed by atoms with van der Waals surface area (Å²) >= 11 is 0. The van der Waals surface area contributed by atoms with Crippen molar-refractivity contribution in [3.63, 3.8) is 0 Å². The van der Waals surface area contributed by atoms with Crippen LogP contribution >= 0.6 is 0 Å². The number of carbonyl (C=O) groups is 1. The predicted molar refractivity (Wildman–Crippen MR) is 65.3 cm³/mol. The highest BCUT2D eigenvalue weighted by Crippen LogP contribution is 2.14. The lowest BCUT2D eigenvalue weighted by molar-refractivity contribution is -0.120. The van der Waals surface area contributed by atoms with Crippen LogP contribution in [0.25, 0.3) is 0 Å². The molecule has 92 valence electrons. The van der Waals surface area contributed by atoms with Crippen molar-refractivity contribution in [3.8, 4) is 0 Å². The highest BCUT2D eigenvalue weighted by Gasteiger charge is 2.23. The van der Waals surface area contributed by atoms with E-state index in [1.807, 2.05) is 6.92 Å². The molecule has 1 aromatic carbocycles. The topological polar surface area (TPSA) is 32.3 Å². The molecule has 0 saturated carbocycles. The number of anilines is 1. The molecule has 4 heteroatoms. The van der Waals surface area contributed by atoms with Crippen LogP contribution in [-0.4, -0.2) is 29.9 Å². The summed E-state index contributed by atoms with van der Waals surface area (Å²) in [5.74, 6) is -0.408. The summed E-state index contributed by atoms with van der Waals surface area (Å²) in [6.07, 6.45) is 2.30. The van der Waals surface area contributed by atoms with Gasteiger partial charge in [0, 0.05) is 5.69 Å². The fourth-order valence-corrected chi connectivity index (χ4v) is 2.11. The monoisotopic (exact) mass is 236 g/mol. The number of halogens is 1. The standard InChI is InChI=1S/C13H17FN2O/c1-10(16-7-2-3-8-16)13(17)15-12-6-4-5-11(14)9-12/h4-6,9-10H,2-3,7-8H2,1H3,(H,15,17)/t10-/m1/s1. The summed E-state index contributed by atoms with van der Waals surface area (Å²) in [6.45, 7) is 3.83. The van der Waals surface area contributed by atoms with E-state index in [1.165, 1.54) is 12.1 Å². The first-order valence-corrected chi connectivity index (χ1v) is 5.97. The van der Waals surface area contributed by atoms with Crippen LogP contribution in [-0.2, 0) is 4.79 Å². The summed E-state index contributed by atoms with van der Waals surface area (Å²) in [6, 6.07) is 5.82. The van der Waals surface area contributed by atoms with Crippen LogP contribution in [0.2, 0.25) is 0 Å². The van der Waals surface area contributed by atoms with Gasteiger partial charge in [-0.15, -0.1) is 0 Å². The summed E-state index contributed by atoms with van der Waals surface area (Å²) in [7, 11) is 0. The molecule has 0 radical (unpaired) electrons. The van der Waals surface area contributed by atoms with Crippen LogP contribution < -0.4 is 5.32 Å². The Kier molecular flexibility index (Phi) is 3.74. The van der Waals surface area contributed by atoms with Crippen LogP contribution in [0.4, 0.5) is 10.1 Å². The van der Waals surface area contributed by atoms with Gasteiger partial charge in [0.05, 0.1) is 6.04 Å². The third kappa shape index (κ3) is 3.03. The fourth-order valence-electron chi connectivity index (χ4n) is 2.11. The van der Waals surface area contributed by atoms with Crippen molar-refractivity contribution in [1.82, 2.24) is 4.90 Å². The first-order valence-electron chi connectivity index (χ1n) is 5.97. The maximum absolute atomic E-state index is 13.0. The molecule has 1 aromatic rings. The van der Waals surface area contributed by atoms with E-state index in [1.54, 1.807) is 12.1 Å². The van der Waals surface area contributed by atoms with Gasteiger partial charge in [0.2, 0.25) is 5.91 Å². The second-order valence-electron chi connectivity index (χ2n) is 4.42. The maximum atomic E-state index is 13.0. The Morgan fingerprint density at radius 2 is 2.12 bits per heavy atom. The molecule has 1 saturated heterocycles. The number of benzene rings is 1. The fraction of sp³-hybridized carbons (Fsp3) is 0.462. The molecule has 0 bridgehead atoms. The lowest BCUT2D eigenvalue weighted by Gasteiger charge is -2.22. The zero-order valence-corrected chi connectivity index (χ0v) is 9.95. The van der Waals surface area contributed by atoms with Gasteiger partial charge in [0.15, 0.2) is 0 Å². The number of likely N-dealkylation sites (tertiary alicyclic amines) is 1.